The molecule has 1 N–H and O–H groups in total. The largest absolute Gasteiger partial charge is 0.416 e. The number of nitrogens with one attached hydrogen (secondary N) is 1. The first-order valence-corrected chi connectivity index (χ1v) is 10.9. The number of fused-ring (bicyclic) bond motifs is 1. The SMILES string of the molecule is CC1(C)C[C@H]2[C@H](CCCN2C(=O)CCCc2cn[nH]c2)N1c1ccc(C(F)(F)F)cc1. The Morgan fingerprint density at radius 3 is 2.61 bits per heavy atom. The number of aromatic nitrogens is 2. The Morgan fingerprint density at radius 1 is 1.23 bits per heavy atom. The van der Waals surface area contributed by atoms with E-state index in [1.54, 1.807) is 18.3 Å². The summed E-state index contributed by atoms with van der Waals surface area (Å²) in [6.07, 6.45) is 4.03. The van der Waals surface area contributed by atoms with E-state index in [0.717, 1.165) is 62.0 Å². The molecular weight excluding hydrogens is 405 g/mol. The summed E-state index contributed by atoms with van der Waals surface area (Å²) in [6.45, 7) is 4.98. The van der Waals surface area contributed by atoms with Crippen LogP contribution in [-0.2, 0) is 17.4 Å². The Hall–Kier alpha value is -2.51. The predicted octanol–water partition coefficient (Wildman–Crippen LogP) is 4.80. The van der Waals surface area contributed by atoms with Gasteiger partial charge in [-0.15, -0.1) is 0 Å². The van der Waals surface area contributed by atoms with E-state index in [2.05, 4.69) is 28.9 Å². The highest BCUT2D eigenvalue weighted by atomic mass is 19.4. The summed E-state index contributed by atoms with van der Waals surface area (Å²) in [5, 5.41) is 6.73. The first kappa shape index (κ1) is 21.7. The Labute approximate surface area is 180 Å². The van der Waals surface area contributed by atoms with Crippen molar-refractivity contribution in [2.24, 2.45) is 0 Å². The van der Waals surface area contributed by atoms with Crippen LogP contribution in [0.1, 0.15) is 57.1 Å². The van der Waals surface area contributed by atoms with E-state index in [9.17, 15) is 18.0 Å². The van der Waals surface area contributed by atoms with E-state index < -0.39 is 11.7 Å². The van der Waals surface area contributed by atoms with E-state index in [4.69, 9.17) is 0 Å². The number of benzene rings is 1. The molecule has 4 rings (SSSR count). The van der Waals surface area contributed by atoms with E-state index in [1.807, 2.05) is 11.1 Å². The number of H-pyrrole nitrogens is 1. The maximum atomic E-state index is 13.0. The van der Waals surface area contributed by atoms with Crippen LogP contribution in [0.15, 0.2) is 36.7 Å². The van der Waals surface area contributed by atoms with Gasteiger partial charge in [-0.25, -0.2) is 0 Å². The Morgan fingerprint density at radius 2 is 1.97 bits per heavy atom. The average Bonchev–Trinajstić information content (AvgIpc) is 3.31. The minimum Gasteiger partial charge on any atom is -0.361 e. The van der Waals surface area contributed by atoms with Gasteiger partial charge in [0.15, 0.2) is 0 Å². The summed E-state index contributed by atoms with van der Waals surface area (Å²) < 4.78 is 39.0. The molecule has 2 fully saturated rings. The molecule has 31 heavy (non-hydrogen) atoms. The quantitative estimate of drug-likeness (QED) is 0.736. The number of carbonyl (C=O) groups is 1. The molecule has 8 heteroatoms. The summed E-state index contributed by atoms with van der Waals surface area (Å²) in [5.74, 6) is 0.170. The number of hydrogen-bond donors (Lipinski definition) is 1. The van der Waals surface area contributed by atoms with Crippen molar-refractivity contribution in [1.82, 2.24) is 15.1 Å². The van der Waals surface area contributed by atoms with Crippen LogP contribution >= 0.6 is 0 Å². The molecule has 2 aliphatic rings. The molecule has 5 nitrogen and oxygen atoms in total. The second-order valence-electron chi connectivity index (χ2n) is 9.26. The van der Waals surface area contributed by atoms with Crippen LogP contribution in [-0.4, -0.2) is 45.2 Å². The van der Waals surface area contributed by atoms with Crippen LogP contribution in [0.5, 0.6) is 0 Å². The molecule has 0 unspecified atom stereocenters. The lowest BCUT2D eigenvalue weighted by atomic mass is 9.93. The van der Waals surface area contributed by atoms with Gasteiger partial charge in [-0.2, -0.15) is 18.3 Å². The van der Waals surface area contributed by atoms with E-state index in [1.165, 1.54) is 0 Å². The van der Waals surface area contributed by atoms with Gasteiger partial charge in [0.25, 0.3) is 0 Å². The van der Waals surface area contributed by atoms with Crippen molar-refractivity contribution in [3.63, 3.8) is 0 Å². The molecule has 1 aromatic heterocycles. The fraction of sp³-hybridized carbons (Fsp3) is 0.565. The first-order chi connectivity index (χ1) is 14.7. The lowest BCUT2D eigenvalue weighted by Gasteiger charge is -2.42. The second-order valence-corrected chi connectivity index (χ2v) is 9.26. The lowest BCUT2D eigenvalue weighted by molar-refractivity contribution is -0.137. The smallest absolute Gasteiger partial charge is 0.361 e. The normalized spacial score (nSPS) is 23.1. The summed E-state index contributed by atoms with van der Waals surface area (Å²) in [4.78, 5) is 17.3. The number of hydrogen-bond acceptors (Lipinski definition) is 3. The van der Waals surface area contributed by atoms with Gasteiger partial charge in [-0.05, 0) is 75.8 Å². The highest BCUT2D eigenvalue weighted by Crippen LogP contribution is 2.44. The van der Waals surface area contributed by atoms with Crippen molar-refractivity contribution in [2.75, 3.05) is 11.4 Å². The fourth-order valence-corrected chi connectivity index (χ4v) is 5.31. The number of halogens is 3. The summed E-state index contributed by atoms with van der Waals surface area (Å²) in [6, 6.07) is 5.66. The first-order valence-electron chi connectivity index (χ1n) is 10.9. The van der Waals surface area contributed by atoms with Crippen LogP contribution in [0.3, 0.4) is 0 Å². The van der Waals surface area contributed by atoms with Gasteiger partial charge in [0.1, 0.15) is 0 Å². The molecule has 0 bridgehead atoms. The monoisotopic (exact) mass is 434 g/mol. The number of nitrogens with zero attached hydrogens (tertiary/aromatic N) is 3. The third-order valence-electron chi connectivity index (χ3n) is 6.64. The number of aromatic amines is 1. The fourth-order valence-electron chi connectivity index (χ4n) is 5.31. The third kappa shape index (κ3) is 4.43. The average molecular weight is 435 g/mol. The van der Waals surface area contributed by atoms with Gasteiger partial charge in [0, 0.05) is 30.4 Å². The number of aryl methyl sites for hydroxylation is 1. The number of amides is 1. The van der Waals surface area contributed by atoms with Crippen molar-refractivity contribution in [3.8, 4) is 0 Å². The number of carbonyl (C=O) groups excluding carboxylic acids is 1. The minimum absolute atomic E-state index is 0.0902. The van der Waals surface area contributed by atoms with Crippen molar-refractivity contribution in [2.45, 2.75) is 76.2 Å². The molecule has 2 aromatic rings. The highest BCUT2D eigenvalue weighted by molar-refractivity contribution is 5.77. The highest BCUT2D eigenvalue weighted by Gasteiger charge is 2.50. The topological polar surface area (TPSA) is 52.2 Å². The van der Waals surface area contributed by atoms with E-state index in [-0.39, 0.29) is 23.5 Å². The molecule has 1 amide bonds. The molecular formula is C23H29F3N4O. The number of anilines is 1. The molecule has 0 spiro atoms. The van der Waals surface area contributed by atoms with E-state index >= 15 is 0 Å². The number of piperidine rings is 1. The molecule has 0 radical (unpaired) electrons. The van der Waals surface area contributed by atoms with Crippen LogP contribution in [0.25, 0.3) is 0 Å². The summed E-state index contributed by atoms with van der Waals surface area (Å²) >= 11 is 0. The van der Waals surface area contributed by atoms with Crippen molar-refractivity contribution in [3.05, 3.63) is 47.8 Å². The maximum absolute atomic E-state index is 13.0. The van der Waals surface area contributed by atoms with Crippen LogP contribution in [0.4, 0.5) is 18.9 Å². The molecule has 3 heterocycles. The number of rotatable bonds is 5. The Kier molecular flexibility index (Phi) is 5.75. The molecule has 0 aliphatic carbocycles. The van der Waals surface area contributed by atoms with Crippen LogP contribution < -0.4 is 4.90 Å². The van der Waals surface area contributed by atoms with Gasteiger partial charge in [-0.1, -0.05) is 0 Å². The zero-order chi connectivity index (χ0) is 22.2. The zero-order valence-corrected chi connectivity index (χ0v) is 18.0. The molecule has 168 valence electrons. The molecule has 2 atom stereocenters. The Balaban J connectivity index is 1.48. The molecule has 1 aromatic carbocycles. The molecule has 2 saturated heterocycles. The van der Waals surface area contributed by atoms with Gasteiger partial charge in [-0.3, -0.25) is 9.89 Å². The number of alkyl halides is 3. The standard InChI is InChI=1S/C23H29F3N4O/c1-22(2)13-20-19(30(22)18-10-8-17(9-11-18)23(24,25)26)6-4-12-29(20)21(31)7-3-5-16-14-27-28-15-16/h8-11,14-15,19-20H,3-7,12-13H2,1-2H3,(H,27,28)/t19-,20-/m0/s1. The van der Waals surface area contributed by atoms with Crippen molar-refractivity contribution in [1.29, 1.82) is 0 Å². The lowest BCUT2D eigenvalue weighted by Crippen LogP contribution is -2.52. The van der Waals surface area contributed by atoms with Crippen molar-refractivity contribution < 1.29 is 18.0 Å². The minimum atomic E-state index is -4.34. The Bertz CT molecular complexity index is 893. The van der Waals surface area contributed by atoms with E-state index in [0.29, 0.717) is 6.42 Å². The van der Waals surface area contributed by atoms with Crippen molar-refractivity contribution >= 4 is 11.6 Å². The van der Waals surface area contributed by atoms with Gasteiger partial charge < -0.3 is 9.80 Å². The maximum Gasteiger partial charge on any atom is 0.416 e. The molecule has 0 saturated carbocycles. The summed E-state index contributed by atoms with van der Waals surface area (Å²) in [5.41, 5.74) is 1.01. The predicted molar refractivity (Wildman–Crippen MR) is 113 cm³/mol. The second kappa shape index (κ2) is 8.20. The third-order valence-corrected chi connectivity index (χ3v) is 6.64. The van der Waals surface area contributed by atoms with Gasteiger partial charge >= 0.3 is 6.18 Å². The van der Waals surface area contributed by atoms with Gasteiger partial charge in [0.2, 0.25) is 5.91 Å². The zero-order valence-electron chi connectivity index (χ0n) is 18.0. The van der Waals surface area contributed by atoms with Gasteiger partial charge in [0.05, 0.1) is 23.8 Å². The van der Waals surface area contributed by atoms with Crippen LogP contribution in [0, 0.1) is 0 Å². The van der Waals surface area contributed by atoms with Crippen LogP contribution in [0.2, 0.25) is 0 Å². The molecule has 2 aliphatic heterocycles. The summed E-state index contributed by atoms with van der Waals surface area (Å²) in [7, 11) is 0. The number of likely N-dealkylation sites (tertiary alicyclic amines) is 1.